The first kappa shape index (κ1) is 13.4. The molecule has 96 valence electrons. The lowest BCUT2D eigenvalue weighted by Gasteiger charge is -2.16. The van der Waals surface area contributed by atoms with Crippen molar-refractivity contribution in [3.8, 4) is 5.75 Å². The maximum absolute atomic E-state index is 6.25. The van der Waals surface area contributed by atoms with Crippen LogP contribution < -0.4 is 10.5 Å². The number of ether oxygens (including phenoxy) is 1. The van der Waals surface area contributed by atoms with E-state index in [1.807, 2.05) is 25.2 Å². The smallest absolute Gasteiger partial charge is 0.161 e. The Morgan fingerprint density at radius 2 is 2.22 bits per heavy atom. The fraction of sp³-hybridized carbons (Fsp3) is 0.250. The van der Waals surface area contributed by atoms with E-state index >= 15 is 0 Å². The molecule has 1 aromatic heterocycles. The molecule has 1 unspecified atom stereocenters. The minimum atomic E-state index is -0.381. The molecular weight excluding hydrogens is 318 g/mol. The molecule has 18 heavy (non-hydrogen) atoms. The van der Waals surface area contributed by atoms with E-state index in [2.05, 4.69) is 21.0 Å². The van der Waals surface area contributed by atoms with Crippen LogP contribution in [-0.2, 0) is 7.05 Å². The third-order valence-corrected chi connectivity index (χ3v) is 3.58. The van der Waals surface area contributed by atoms with Crippen molar-refractivity contribution >= 4 is 27.5 Å². The van der Waals surface area contributed by atoms with Crippen LogP contribution in [0.4, 0.5) is 0 Å². The van der Waals surface area contributed by atoms with Crippen LogP contribution in [0.1, 0.15) is 17.3 Å². The summed E-state index contributed by atoms with van der Waals surface area (Å²) in [5, 5.41) is 4.75. The van der Waals surface area contributed by atoms with E-state index in [0.29, 0.717) is 10.8 Å². The summed E-state index contributed by atoms with van der Waals surface area (Å²) >= 11 is 9.58. The number of hydrogen-bond donors (Lipinski definition) is 1. The molecule has 1 heterocycles. The fourth-order valence-electron chi connectivity index (χ4n) is 1.84. The molecule has 0 amide bonds. The predicted molar refractivity (Wildman–Crippen MR) is 74.9 cm³/mol. The maximum Gasteiger partial charge on any atom is 0.161 e. The van der Waals surface area contributed by atoms with Crippen molar-refractivity contribution in [2.75, 3.05) is 7.11 Å². The van der Waals surface area contributed by atoms with Gasteiger partial charge in [0, 0.05) is 16.5 Å². The highest BCUT2D eigenvalue weighted by atomic mass is 79.9. The van der Waals surface area contributed by atoms with Crippen molar-refractivity contribution in [3.63, 3.8) is 0 Å². The van der Waals surface area contributed by atoms with Gasteiger partial charge in [0.1, 0.15) is 5.69 Å². The number of aromatic nitrogens is 2. The molecule has 4 nitrogen and oxygen atoms in total. The van der Waals surface area contributed by atoms with Crippen molar-refractivity contribution < 1.29 is 4.74 Å². The standard InChI is InChI=1S/C12H13BrClN3O/c1-17-12(10(18-2)6-16-17)11(15)8-4-3-7(13)5-9(8)14/h3-6,11H,15H2,1-2H3. The predicted octanol–water partition coefficient (Wildman–Crippen LogP) is 2.89. The number of methoxy groups -OCH3 is 1. The zero-order valence-corrected chi connectivity index (χ0v) is 12.4. The van der Waals surface area contributed by atoms with Gasteiger partial charge in [0.05, 0.1) is 19.3 Å². The van der Waals surface area contributed by atoms with Crippen LogP contribution in [0.5, 0.6) is 5.75 Å². The van der Waals surface area contributed by atoms with Crippen molar-refractivity contribution in [2.24, 2.45) is 12.8 Å². The summed E-state index contributed by atoms with van der Waals surface area (Å²) in [5.74, 6) is 0.656. The van der Waals surface area contributed by atoms with Gasteiger partial charge in [0.15, 0.2) is 5.75 Å². The van der Waals surface area contributed by atoms with Gasteiger partial charge in [0.25, 0.3) is 0 Å². The van der Waals surface area contributed by atoms with E-state index in [9.17, 15) is 0 Å². The van der Waals surface area contributed by atoms with Crippen molar-refractivity contribution in [1.82, 2.24) is 9.78 Å². The molecule has 2 N–H and O–H groups in total. The zero-order chi connectivity index (χ0) is 13.3. The van der Waals surface area contributed by atoms with Gasteiger partial charge < -0.3 is 10.5 Å². The number of aryl methyl sites for hydroxylation is 1. The monoisotopic (exact) mass is 329 g/mol. The molecule has 0 radical (unpaired) electrons. The Bertz CT molecular complexity index is 570. The van der Waals surface area contributed by atoms with E-state index in [4.69, 9.17) is 22.1 Å². The van der Waals surface area contributed by atoms with Crippen LogP contribution in [0, 0.1) is 0 Å². The molecular formula is C12H13BrClN3O. The molecule has 0 bridgehead atoms. The molecule has 0 saturated carbocycles. The normalized spacial score (nSPS) is 12.5. The van der Waals surface area contributed by atoms with Gasteiger partial charge in [-0.2, -0.15) is 5.10 Å². The molecule has 0 aliphatic carbocycles. The second-order valence-electron chi connectivity index (χ2n) is 3.87. The number of halogens is 2. The highest BCUT2D eigenvalue weighted by Gasteiger charge is 2.20. The minimum Gasteiger partial charge on any atom is -0.493 e. The highest BCUT2D eigenvalue weighted by molar-refractivity contribution is 9.10. The van der Waals surface area contributed by atoms with Crippen molar-refractivity contribution in [2.45, 2.75) is 6.04 Å². The first-order valence-electron chi connectivity index (χ1n) is 5.31. The highest BCUT2D eigenvalue weighted by Crippen LogP contribution is 2.32. The molecule has 0 fully saturated rings. The summed E-state index contributed by atoms with van der Waals surface area (Å²) in [6.45, 7) is 0. The Hall–Kier alpha value is -1.04. The molecule has 1 aromatic carbocycles. The van der Waals surface area contributed by atoms with Gasteiger partial charge in [-0.25, -0.2) is 0 Å². The van der Waals surface area contributed by atoms with Gasteiger partial charge in [0.2, 0.25) is 0 Å². The second kappa shape index (κ2) is 5.30. The summed E-state index contributed by atoms with van der Waals surface area (Å²) < 4.78 is 7.87. The summed E-state index contributed by atoms with van der Waals surface area (Å²) in [6.07, 6.45) is 1.64. The van der Waals surface area contributed by atoms with E-state index in [0.717, 1.165) is 15.7 Å². The van der Waals surface area contributed by atoms with Crippen LogP contribution in [0.3, 0.4) is 0 Å². The summed E-state index contributed by atoms with van der Waals surface area (Å²) in [7, 11) is 3.42. The van der Waals surface area contributed by atoms with Crippen molar-refractivity contribution in [3.05, 3.63) is 45.1 Å². The number of nitrogens with two attached hydrogens (primary N) is 1. The van der Waals surface area contributed by atoms with Gasteiger partial charge in [-0.3, -0.25) is 4.68 Å². The van der Waals surface area contributed by atoms with Crippen LogP contribution in [0.2, 0.25) is 5.02 Å². The zero-order valence-electron chi connectivity index (χ0n) is 10.0. The van der Waals surface area contributed by atoms with Gasteiger partial charge in [-0.15, -0.1) is 0 Å². The van der Waals surface area contributed by atoms with E-state index in [1.165, 1.54) is 0 Å². The lowest BCUT2D eigenvalue weighted by atomic mass is 10.0. The SMILES string of the molecule is COc1cnn(C)c1C(N)c1ccc(Br)cc1Cl. The molecule has 0 aliphatic rings. The third kappa shape index (κ3) is 2.39. The number of nitrogens with zero attached hydrogens (tertiary/aromatic N) is 2. The summed E-state index contributed by atoms with van der Waals surface area (Å²) in [4.78, 5) is 0. The van der Waals surface area contributed by atoms with E-state index in [1.54, 1.807) is 18.0 Å². The van der Waals surface area contributed by atoms with E-state index < -0.39 is 0 Å². The first-order valence-corrected chi connectivity index (χ1v) is 6.48. The average molecular weight is 331 g/mol. The van der Waals surface area contributed by atoms with Crippen LogP contribution in [-0.4, -0.2) is 16.9 Å². The largest absolute Gasteiger partial charge is 0.493 e. The Labute approximate surface area is 119 Å². The van der Waals surface area contributed by atoms with Gasteiger partial charge in [-0.1, -0.05) is 33.6 Å². The Kier molecular flexibility index (Phi) is 3.94. The van der Waals surface area contributed by atoms with Gasteiger partial charge >= 0.3 is 0 Å². The van der Waals surface area contributed by atoms with Crippen LogP contribution >= 0.6 is 27.5 Å². The Morgan fingerprint density at radius 3 is 2.83 bits per heavy atom. The topological polar surface area (TPSA) is 53.1 Å². The number of benzene rings is 1. The number of hydrogen-bond acceptors (Lipinski definition) is 3. The number of rotatable bonds is 3. The lowest BCUT2D eigenvalue weighted by Crippen LogP contribution is -2.17. The molecule has 0 spiro atoms. The molecule has 2 rings (SSSR count). The Morgan fingerprint density at radius 1 is 1.50 bits per heavy atom. The van der Waals surface area contributed by atoms with Crippen LogP contribution in [0.15, 0.2) is 28.9 Å². The minimum absolute atomic E-state index is 0.381. The molecule has 0 aliphatic heterocycles. The molecule has 2 aromatic rings. The quantitative estimate of drug-likeness (QED) is 0.941. The fourth-order valence-corrected chi connectivity index (χ4v) is 2.63. The lowest BCUT2D eigenvalue weighted by molar-refractivity contribution is 0.406. The molecule has 1 atom stereocenters. The maximum atomic E-state index is 6.25. The van der Waals surface area contributed by atoms with Crippen LogP contribution in [0.25, 0.3) is 0 Å². The van der Waals surface area contributed by atoms with Crippen molar-refractivity contribution in [1.29, 1.82) is 0 Å². The first-order chi connectivity index (χ1) is 8.54. The summed E-state index contributed by atoms with van der Waals surface area (Å²) in [6, 6.07) is 5.24. The van der Waals surface area contributed by atoms with Gasteiger partial charge in [-0.05, 0) is 17.7 Å². The molecule has 6 heteroatoms. The Balaban J connectivity index is 2.47. The van der Waals surface area contributed by atoms with E-state index in [-0.39, 0.29) is 6.04 Å². The molecule has 0 saturated heterocycles. The average Bonchev–Trinajstić information content (AvgIpc) is 2.69. The second-order valence-corrected chi connectivity index (χ2v) is 5.19. The third-order valence-electron chi connectivity index (χ3n) is 2.76. The summed E-state index contributed by atoms with van der Waals surface area (Å²) in [5.41, 5.74) is 7.88.